The molecule has 0 aliphatic carbocycles. The molecule has 1 heterocycles. The number of Topliss-reactive ketones (excluding diaryl/α,β-unsaturated/α-hetero) is 1. The van der Waals surface area contributed by atoms with E-state index in [-0.39, 0.29) is 30.1 Å². The van der Waals surface area contributed by atoms with Gasteiger partial charge in [0.15, 0.2) is 5.78 Å². The number of hydrogen-bond donors (Lipinski definition) is 1. The first kappa shape index (κ1) is 15.7. The van der Waals surface area contributed by atoms with Crippen molar-refractivity contribution >= 4 is 17.6 Å². The van der Waals surface area contributed by atoms with Gasteiger partial charge in [-0.3, -0.25) is 14.4 Å². The highest BCUT2D eigenvalue weighted by Gasteiger charge is 2.28. The standard InChI is InChI=1S/C14H24N2O3/c1-10(17)16-7-5-6-11(9-16)13(19)15-8-12(18)14(2,3)4/h11H,5-9H2,1-4H3,(H,15,19). The fourth-order valence-corrected chi connectivity index (χ4v) is 2.05. The van der Waals surface area contributed by atoms with E-state index in [4.69, 9.17) is 0 Å². The van der Waals surface area contributed by atoms with Gasteiger partial charge in [0.25, 0.3) is 0 Å². The summed E-state index contributed by atoms with van der Waals surface area (Å²) < 4.78 is 0. The Morgan fingerprint density at radius 2 is 1.89 bits per heavy atom. The number of likely N-dealkylation sites (tertiary alicyclic amines) is 1. The van der Waals surface area contributed by atoms with Gasteiger partial charge in [0, 0.05) is 25.4 Å². The monoisotopic (exact) mass is 268 g/mol. The molecule has 1 aliphatic heterocycles. The highest BCUT2D eigenvalue weighted by atomic mass is 16.2. The maximum absolute atomic E-state index is 12.0. The lowest BCUT2D eigenvalue weighted by atomic mass is 9.90. The Morgan fingerprint density at radius 1 is 1.26 bits per heavy atom. The average Bonchev–Trinajstić information content (AvgIpc) is 2.34. The summed E-state index contributed by atoms with van der Waals surface area (Å²) in [6.45, 7) is 8.27. The Kier molecular flexibility index (Phi) is 5.09. The number of piperidine rings is 1. The third-order valence-corrected chi connectivity index (χ3v) is 3.50. The molecule has 0 aromatic heterocycles. The van der Waals surface area contributed by atoms with Crippen LogP contribution in [0.3, 0.4) is 0 Å². The Balaban J connectivity index is 2.45. The lowest BCUT2D eigenvalue weighted by Gasteiger charge is -2.31. The van der Waals surface area contributed by atoms with Crippen molar-refractivity contribution in [2.45, 2.75) is 40.5 Å². The van der Waals surface area contributed by atoms with Gasteiger partial charge in [0.2, 0.25) is 11.8 Å². The Morgan fingerprint density at radius 3 is 2.42 bits per heavy atom. The van der Waals surface area contributed by atoms with Crippen LogP contribution in [0.25, 0.3) is 0 Å². The van der Waals surface area contributed by atoms with E-state index in [2.05, 4.69) is 5.32 Å². The van der Waals surface area contributed by atoms with Crippen LogP contribution in [0.5, 0.6) is 0 Å². The summed E-state index contributed by atoms with van der Waals surface area (Å²) in [7, 11) is 0. The van der Waals surface area contributed by atoms with Crippen LogP contribution in [0, 0.1) is 11.3 Å². The fourth-order valence-electron chi connectivity index (χ4n) is 2.05. The van der Waals surface area contributed by atoms with Gasteiger partial charge in [0.05, 0.1) is 12.5 Å². The van der Waals surface area contributed by atoms with E-state index in [9.17, 15) is 14.4 Å². The summed E-state index contributed by atoms with van der Waals surface area (Å²) in [5, 5.41) is 2.69. The summed E-state index contributed by atoms with van der Waals surface area (Å²) in [4.78, 5) is 36.7. The molecule has 1 saturated heterocycles. The second-order valence-electron chi connectivity index (χ2n) is 6.20. The molecule has 1 rings (SSSR count). The number of carbonyl (C=O) groups excluding carboxylic acids is 3. The Labute approximate surface area is 114 Å². The second-order valence-corrected chi connectivity index (χ2v) is 6.20. The van der Waals surface area contributed by atoms with Crippen LogP contribution in [-0.2, 0) is 14.4 Å². The first-order chi connectivity index (χ1) is 8.71. The molecule has 0 aromatic rings. The van der Waals surface area contributed by atoms with Crippen molar-refractivity contribution in [1.82, 2.24) is 10.2 Å². The van der Waals surface area contributed by atoms with E-state index in [1.165, 1.54) is 6.92 Å². The number of nitrogens with zero attached hydrogens (tertiary/aromatic N) is 1. The molecule has 5 heteroatoms. The Bertz CT molecular complexity index is 371. The van der Waals surface area contributed by atoms with Crippen LogP contribution in [0.1, 0.15) is 40.5 Å². The van der Waals surface area contributed by atoms with Crippen LogP contribution in [-0.4, -0.2) is 42.1 Å². The van der Waals surface area contributed by atoms with Crippen molar-refractivity contribution in [3.8, 4) is 0 Å². The minimum Gasteiger partial charge on any atom is -0.349 e. The molecule has 0 radical (unpaired) electrons. The minimum absolute atomic E-state index is 0.00303. The van der Waals surface area contributed by atoms with Crippen LogP contribution in [0.2, 0.25) is 0 Å². The van der Waals surface area contributed by atoms with Crippen molar-refractivity contribution in [3.63, 3.8) is 0 Å². The molecule has 1 fully saturated rings. The van der Waals surface area contributed by atoms with Gasteiger partial charge in [-0.05, 0) is 12.8 Å². The summed E-state index contributed by atoms with van der Waals surface area (Å²) in [6.07, 6.45) is 1.62. The zero-order chi connectivity index (χ0) is 14.6. The molecule has 0 bridgehead atoms. The zero-order valence-electron chi connectivity index (χ0n) is 12.3. The lowest BCUT2D eigenvalue weighted by Crippen LogP contribution is -2.46. The summed E-state index contributed by atoms with van der Waals surface area (Å²) in [5.74, 6) is -0.294. The van der Waals surface area contributed by atoms with Crippen molar-refractivity contribution in [2.24, 2.45) is 11.3 Å². The number of rotatable bonds is 3. The number of nitrogens with one attached hydrogen (secondary N) is 1. The van der Waals surface area contributed by atoms with E-state index in [0.717, 1.165) is 19.4 Å². The maximum Gasteiger partial charge on any atom is 0.225 e. The number of carbonyl (C=O) groups is 3. The first-order valence-corrected chi connectivity index (χ1v) is 6.78. The van der Waals surface area contributed by atoms with Gasteiger partial charge in [0.1, 0.15) is 0 Å². The largest absolute Gasteiger partial charge is 0.349 e. The molecule has 1 N–H and O–H groups in total. The fraction of sp³-hybridized carbons (Fsp3) is 0.786. The summed E-state index contributed by atoms with van der Waals surface area (Å²) >= 11 is 0. The molecule has 0 aromatic carbocycles. The molecule has 0 saturated carbocycles. The second kappa shape index (κ2) is 6.17. The minimum atomic E-state index is -0.439. The molecule has 2 amide bonds. The van der Waals surface area contributed by atoms with Gasteiger partial charge in [-0.25, -0.2) is 0 Å². The van der Waals surface area contributed by atoms with Crippen molar-refractivity contribution in [1.29, 1.82) is 0 Å². The van der Waals surface area contributed by atoms with Crippen LogP contribution >= 0.6 is 0 Å². The van der Waals surface area contributed by atoms with Crippen molar-refractivity contribution in [2.75, 3.05) is 19.6 Å². The number of ketones is 1. The summed E-state index contributed by atoms with van der Waals surface area (Å²) in [6, 6.07) is 0. The predicted molar refractivity (Wildman–Crippen MR) is 72.4 cm³/mol. The molecule has 5 nitrogen and oxygen atoms in total. The predicted octanol–water partition coefficient (Wildman–Crippen LogP) is 0.976. The van der Waals surface area contributed by atoms with Gasteiger partial charge in [-0.15, -0.1) is 0 Å². The van der Waals surface area contributed by atoms with Crippen LogP contribution in [0.4, 0.5) is 0 Å². The SMILES string of the molecule is CC(=O)N1CCCC(C(=O)NCC(=O)C(C)(C)C)C1. The highest BCUT2D eigenvalue weighted by Crippen LogP contribution is 2.17. The van der Waals surface area contributed by atoms with Gasteiger partial charge >= 0.3 is 0 Å². The third-order valence-electron chi connectivity index (χ3n) is 3.50. The van der Waals surface area contributed by atoms with E-state index in [1.807, 2.05) is 20.8 Å². The quantitative estimate of drug-likeness (QED) is 0.829. The molecule has 1 atom stereocenters. The lowest BCUT2D eigenvalue weighted by molar-refractivity contribution is -0.135. The van der Waals surface area contributed by atoms with Gasteiger partial charge < -0.3 is 10.2 Å². The molecule has 1 aliphatic rings. The first-order valence-electron chi connectivity index (χ1n) is 6.78. The van der Waals surface area contributed by atoms with Gasteiger partial charge in [-0.1, -0.05) is 20.8 Å². The third kappa shape index (κ3) is 4.65. The molecule has 0 spiro atoms. The number of amides is 2. The molecule has 1 unspecified atom stereocenters. The molecular weight excluding hydrogens is 244 g/mol. The summed E-state index contributed by atoms with van der Waals surface area (Å²) in [5.41, 5.74) is -0.439. The smallest absolute Gasteiger partial charge is 0.225 e. The zero-order valence-corrected chi connectivity index (χ0v) is 12.3. The average molecular weight is 268 g/mol. The van der Waals surface area contributed by atoms with E-state index >= 15 is 0 Å². The van der Waals surface area contributed by atoms with E-state index < -0.39 is 5.41 Å². The number of hydrogen-bond acceptors (Lipinski definition) is 3. The van der Waals surface area contributed by atoms with Crippen molar-refractivity contribution in [3.05, 3.63) is 0 Å². The normalized spacial score (nSPS) is 20.0. The topological polar surface area (TPSA) is 66.5 Å². The van der Waals surface area contributed by atoms with Crippen LogP contribution < -0.4 is 5.32 Å². The molecule has 108 valence electrons. The Hall–Kier alpha value is -1.39. The van der Waals surface area contributed by atoms with Crippen LogP contribution in [0.15, 0.2) is 0 Å². The molecule has 19 heavy (non-hydrogen) atoms. The molecular formula is C14H24N2O3. The van der Waals surface area contributed by atoms with E-state index in [0.29, 0.717) is 6.54 Å². The van der Waals surface area contributed by atoms with Gasteiger partial charge in [-0.2, -0.15) is 0 Å². The highest BCUT2D eigenvalue weighted by molar-refractivity contribution is 5.90. The van der Waals surface area contributed by atoms with Crippen molar-refractivity contribution < 1.29 is 14.4 Å². The van der Waals surface area contributed by atoms with E-state index in [1.54, 1.807) is 4.90 Å². The maximum atomic E-state index is 12.0.